The van der Waals surface area contributed by atoms with Crippen LogP contribution in [0.3, 0.4) is 0 Å². The maximum Gasteiger partial charge on any atom is 0.251 e. The van der Waals surface area contributed by atoms with Crippen molar-refractivity contribution >= 4 is 16.9 Å². The Labute approximate surface area is 199 Å². The molecule has 2 heterocycles. The van der Waals surface area contributed by atoms with Gasteiger partial charge in [0.25, 0.3) is 5.91 Å². The summed E-state index contributed by atoms with van der Waals surface area (Å²) in [6.45, 7) is 3.25. The highest BCUT2D eigenvalue weighted by Gasteiger charge is 2.24. The van der Waals surface area contributed by atoms with Crippen molar-refractivity contribution in [2.75, 3.05) is 26.7 Å². The number of nitrogens with one attached hydrogen (secondary N) is 1. The number of benzene rings is 3. The maximum absolute atomic E-state index is 12.9. The van der Waals surface area contributed by atoms with E-state index in [4.69, 9.17) is 4.74 Å². The van der Waals surface area contributed by atoms with Gasteiger partial charge in [0.2, 0.25) is 0 Å². The second-order valence-electron chi connectivity index (χ2n) is 8.68. The van der Waals surface area contributed by atoms with Gasteiger partial charge in [0, 0.05) is 12.1 Å². The number of ether oxygens (including phenoxy) is 1. The molecule has 1 amide bonds. The monoisotopic (exact) mass is 455 g/mol. The number of nitrogens with zero attached hydrogens (tertiary/aromatic N) is 4. The van der Waals surface area contributed by atoms with Crippen molar-refractivity contribution in [3.63, 3.8) is 0 Å². The highest BCUT2D eigenvalue weighted by atomic mass is 16.5. The number of likely N-dealkylation sites (tertiary alicyclic amines) is 1. The molecule has 5 rings (SSSR count). The van der Waals surface area contributed by atoms with Crippen molar-refractivity contribution in [1.29, 1.82) is 0 Å². The largest absolute Gasteiger partial charge is 0.497 e. The lowest BCUT2D eigenvalue weighted by Gasteiger charge is -2.28. The quantitative estimate of drug-likeness (QED) is 0.434. The van der Waals surface area contributed by atoms with E-state index in [2.05, 4.69) is 32.7 Å². The smallest absolute Gasteiger partial charge is 0.251 e. The minimum Gasteiger partial charge on any atom is -0.497 e. The van der Waals surface area contributed by atoms with Crippen LogP contribution in [0.5, 0.6) is 5.75 Å². The molecule has 0 radical (unpaired) electrons. The molecule has 0 bridgehead atoms. The van der Waals surface area contributed by atoms with Gasteiger partial charge in [0.05, 0.1) is 25.2 Å². The molecule has 3 aromatic carbocycles. The van der Waals surface area contributed by atoms with Crippen LogP contribution in [-0.2, 0) is 6.54 Å². The van der Waals surface area contributed by atoms with Crippen LogP contribution in [0.2, 0.25) is 0 Å². The van der Waals surface area contributed by atoms with E-state index in [0.29, 0.717) is 18.7 Å². The molecule has 174 valence electrons. The average molecular weight is 456 g/mol. The summed E-state index contributed by atoms with van der Waals surface area (Å²) < 4.78 is 7.29. The number of hydrogen-bond donors (Lipinski definition) is 1. The van der Waals surface area contributed by atoms with E-state index < -0.39 is 0 Å². The van der Waals surface area contributed by atoms with E-state index in [9.17, 15) is 4.79 Å². The van der Waals surface area contributed by atoms with E-state index >= 15 is 0 Å². The lowest BCUT2D eigenvalue weighted by atomic mass is 10.0. The van der Waals surface area contributed by atoms with Gasteiger partial charge in [-0.15, -0.1) is 5.10 Å². The first-order chi connectivity index (χ1) is 16.7. The molecule has 4 aromatic rings. The molecule has 1 atom stereocenters. The van der Waals surface area contributed by atoms with E-state index in [1.165, 1.54) is 12.8 Å². The van der Waals surface area contributed by atoms with Gasteiger partial charge in [0.15, 0.2) is 0 Å². The molecule has 34 heavy (non-hydrogen) atoms. The Morgan fingerprint density at radius 2 is 1.82 bits per heavy atom. The van der Waals surface area contributed by atoms with E-state index in [0.717, 1.165) is 41.0 Å². The van der Waals surface area contributed by atoms with Gasteiger partial charge in [-0.2, -0.15) is 0 Å². The average Bonchev–Trinajstić information content (AvgIpc) is 3.56. The van der Waals surface area contributed by atoms with Crippen molar-refractivity contribution in [3.05, 3.63) is 89.5 Å². The predicted octanol–water partition coefficient (Wildman–Crippen LogP) is 4.06. The lowest BCUT2D eigenvalue weighted by Crippen LogP contribution is -2.36. The predicted molar refractivity (Wildman–Crippen MR) is 132 cm³/mol. The summed E-state index contributed by atoms with van der Waals surface area (Å²) in [5.74, 6) is 0.772. The fraction of sp³-hybridized carbons (Fsp3) is 0.296. The van der Waals surface area contributed by atoms with Crippen molar-refractivity contribution in [3.8, 4) is 5.75 Å². The van der Waals surface area contributed by atoms with Crippen LogP contribution >= 0.6 is 0 Å². The maximum atomic E-state index is 12.9. The van der Waals surface area contributed by atoms with E-state index in [1.54, 1.807) is 7.11 Å². The topological polar surface area (TPSA) is 72.3 Å². The first-order valence-electron chi connectivity index (χ1n) is 11.7. The summed E-state index contributed by atoms with van der Waals surface area (Å²) in [6.07, 6.45) is 2.38. The van der Waals surface area contributed by atoms with Crippen LogP contribution in [0.25, 0.3) is 11.0 Å². The van der Waals surface area contributed by atoms with Gasteiger partial charge in [-0.25, -0.2) is 4.68 Å². The van der Waals surface area contributed by atoms with Gasteiger partial charge in [-0.05, 0) is 73.5 Å². The van der Waals surface area contributed by atoms with Gasteiger partial charge >= 0.3 is 0 Å². The lowest BCUT2D eigenvalue weighted by molar-refractivity contribution is 0.0938. The zero-order valence-electron chi connectivity index (χ0n) is 19.4. The molecular weight excluding hydrogens is 426 g/mol. The van der Waals surface area contributed by atoms with Crippen LogP contribution < -0.4 is 10.1 Å². The molecule has 7 heteroatoms. The summed E-state index contributed by atoms with van der Waals surface area (Å²) in [5, 5.41) is 11.6. The molecule has 1 aliphatic heterocycles. The van der Waals surface area contributed by atoms with Gasteiger partial charge < -0.3 is 10.1 Å². The van der Waals surface area contributed by atoms with Gasteiger partial charge in [-0.1, -0.05) is 41.6 Å². The third kappa shape index (κ3) is 4.79. The van der Waals surface area contributed by atoms with Gasteiger partial charge in [-0.3, -0.25) is 9.69 Å². The molecule has 1 fully saturated rings. The molecule has 7 nitrogen and oxygen atoms in total. The highest BCUT2D eigenvalue weighted by Crippen LogP contribution is 2.27. The molecule has 0 spiro atoms. The Bertz CT molecular complexity index is 1260. The molecule has 1 aromatic heterocycles. The Hall–Kier alpha value is -3.71. The van der Waals surface area contributed by atoms with Crippen LogP contribution in [0.4, 0.5) is 0 Å². The zero-order valence-corrected chi connectivity index (χ0v) is 19.4. The zero-order chi connectivity index (χ0) is 23.3. The van der Waals surface area contributed by atoms with Crippen LogP contribution in [0, 0.1) is 0 Å². The van der Waals surface area contributed by atoms with E-state index in [1.807, 2.05) is 65.3 Å². The number of amides is 1. The number of carbonyl (C=O) groups is 1. The van der Waals surface area contributed by atoms with Crippen LogP contribution in [0.1, 0.15) is 40.4 Å². The van der Waals surface area contributed by atoms with Crippen LogP contribution in [-0.4, -0.2) is 52.5 Å². The van der Waals surface area contributed by atoms with Crippen molar-refractivity contribution in [2.45, 2.75) is 25.4 Å². The molecule has 1 saturated heterocycles. The standard InChI is InChI=1S/C27H29N5O2/c1-34-23-8-6-7-22(17-23)26(31-15-4-5-16-31)18-28-27(33)21-13-11-20(12-14-21)19-32-25-10-3-2-9-24(25)29-30-32/h2-3,6-14,17,26H,4-5,15-16,18-19H2,1H3,(H,28,33)/t26-/m0/s1. The summed E-state index contributed by atoms with van der Waals surface area (Å²) >= 11 is 0. The Balaban J connectivity index is 1.25. The number of para-hydroxylation sites is 1. The van der Waals surface area contributed by atoms with Crippen molar-refractivity contribution < 1.29 is 9.53 Å². The second-order valence-corrected chi connectivity index (χ2v) is 8.68. The normalized spacial score (nSPS) is 14.9. The summed E-state index contributed by atoms with van der Waals surface area (Å²) in [7, 11) is 1.68. The number of methoxy groups -OCH3 is 1. The Kier molecular flexibility index (Phi) is 6.53. The fourth-order valence-corrected chi connectivity index (χ4v) is 4.62. The number of aromatic nitrogens is 3. The second kappa shape index (κ2) is 10.1. The summed E-state index contributed by atoms with van der Waals surface area (Å²) in [4.78, 5) is 15.4. The summed E-state index contributed by atoms with van der Waals surface area (Å²) in [6, 6.07) is 23.9. The number of fused-ring (bicyclic) bond motifs is 1. The van der Waals surface area contributed by atoms with E-state index in [-0.39, 0.29) is 11.9 Å². The molecular formula is C27H29N5O2. The number of rotatable bonds is 8. The van der Waals surface area contributed by atoms with Crippen molar-refractivity contribution in [2.24, 2.45) is 0 Å². The number of hydrogen-bond acceptors (Lipinski definition) is 5. The third-order valence-electron chi connectivity index (χ3n) is 6.48. The summed E-state index contributed by atoms with van der Waals surface area (Å²) in [5.41, 5.74) is 4.76. The van der Waals surface area contributed by atoms with Crippen molar-refractivity contribution in [1.82, 2.24) is 25.2 Å². The molecule has 0 saturated carbocycles. The van der Waals surface area contributed by atoms with Crippen LogP contribution in [0.15, 0.2) is 72.8 Å². The first-order valence-corrected chi connectivity index (χ1v) is 11.7. The molecule has 1 N–H and O–H groups in total. The number of carbonyl (C=O) groups excluding carboxylic acids is 1. The fourth-order valence-electron chi connectivity index (χ4n) is 4.62. The van der Waals surface area contributed by atoms with Gasteiger partial charge in [0.1, 0.15) is 11.3 Å². The minimum absolute atomic E-state index is 0.0650. The highest BCUT2D eigenvalue weighted by molar-refractivity contribution is 5.94. The minimum atomic E-state index is -0.0650. The third-order valence-corrected chi connectivity index (χ3v) is 6.48. The Morgan fingerprint density at radius 3 is 2.62 bits per heavy atom. The molecule has 1 aliphatic rings. The first kappa shape index (κ1) is 22.1. The SMILES string of the molecule is COc1cccc([C@H](CNC(=O)c2ccc(Cn3nnc4ccccc43)cc2)N2CCCC2)c1. The molecule has 0 unspecified atom stereocenters. The molecule has 0 aliphatic carbocycles. The Morgan fingerprint density at radius 1 is 1.03 bits per heavy atom.